The number of fused-ring (bicyclic) bond motifs is 1. The molecule has 2 heterocycles. The summed E-state index contributed by atoms with van der Waals surface area (Å²) in [6.45, 7) is 3.96. The Bertz CT molecular complexity index is 859. The Morgan fingerprint density at radius 3 is 2.50 bits per heavy atom. The van der Waals surface area contributed by atoms with Gasteiger partial charge in [0.25, 0.3) is 0 Å². The van der Waals surface area contributed by atoms with Gasteiger partial charge in [-0.3, -0.25) is 0 Å². The number of aryl methyl sites for hydroxylation is 2. The highest BCUT2D eigenvalue weighted by Gasteiger charge is 2.12. The fraction of sp³-hybridized carbons (Fsp3) is 0.250. The van der Waals surface area contributed by atoms with E-state index in [1.54, 1.807) is 0 Å². The van der Waals surface area contributed by atoms with Gasteiger partial charge in [0.2, 0.25) is 0 Å². The third-order valence-electron chi connectivity index (χ3n) is 4.06. The Balaban J connectivity index is 2.23. The van der Waals surface area contributed by atoms with Crippen LogP contribution in [0, 0.1) is 25.2 Å². The Hall–Kier alpha value is -2.54. The molecule has 0 radical (unpaired) electrons. The molecule has 0 saturated carbocycles. The number of imidazole rings is 1. The normalized spacial score (nSPS) is 10.9. The molecule has 20 heavy (non-hydrogen) atoms. The summed E-state index contributed by atoms with van der Waals surface area (Å²) < 4.78 is 4.13. The lowest BCUT2D eigenvalue weighted by Crippen LogP contribution is -1.94. The summed E-state index contributed by atoms with van der Waals surface area (Å²) in [7, 11) is 4.00. The van der Waals surface area contributed by atoms with Crippen LogP contribution >= 0.6 is 0 Å². The van der Waals surface area contributed by atoms with E-state index in [4.69, 9.17) is 5.26 Å². The molecule has 0 aliphatic carbocycles. The number of nitriles is 1. The summed E-state index contributed by atoms with van der Waals surface area (Å²) in [6.07, 6.45) is 0. The van der Waals surface area contributed by atoms with Gasteiger partial charge in [-0.25, -0.2) is 4.98 Å². The van der Waals surface area contributed by atoms with E-state index in [1.807, 2.05) is 34.0 Å². The first-order valence-corrected chi connectivity index (χ1v) is 6.53. The molecule has 0 atom stereocenters. The molecule has 100 valence electrons. The molecular formula is C16H16N4. The molecule has 2 aromatic heterocycles. The van der Waals surface area contributed by atoms with Gasteiger partial charge in [0.1, 0.15) is 11.9 Å². The molecule has 0 unspecified atom stereocenters. The van der Waals surface area contributed by atoms with E-state index >= 15 is 0 Å². The van der Waals surface area contributed by atoms with Crippen LogP contribution in [0.2, 0.25) is 0 Å². The molecule has 1 aromatic carbocycles. The first-order chi connectivity index (χ1) is 9.52. The summed E-state index contributed by atoms with van der Waals surface area (Å²) >= 11 is 0. The molecule has 0 N–H and O–H groups in total. The molecule has 0 aliphatic rings. The van der Waals surface area contributed by atoms with Crippen LogP contribution in [0.5, 0.6) is 0 Å². The summed E-state index contributed by atoms with van der Waals surface area (Å²) in [5, 5.41) is 9.14. The van der Waals surface area contributed by atoms with E-state index in [-0.39, 0.29) is 0 Å². The second kappa shape index (κ2) is 4.24. The number of hydrogen-bond acceptors (Lipinski definition) is 2. The second-order valence-corrected chi connectivity index (χ2v) is 5.12. The maximum absolute atomic E-state index is 9.14. The number of benzene rings is 1. The lowest BCUT2D eigenvalue weighted by molar-refractivity contribution is 0.885. The third kappa shape index (κ3) is 1.64. The Morgan fingerprint density at radius 2 is 1.85 bits per heavy atom. The van der Waals surface area contributed by atoms with Gasteiger partial charge in [0.15, 0.2) is 0 Å². The first kappa shape index (κ1) is 12.5. The maximum atomic E-state index is 9.14. The van der Waals surface area contributed by atoms with Crippen LogP contribution in [-0.2, 0) is 14.1 Å². The van der Waals surface area contributed by atoms with Gasteiger partial charge in [0.05, 0.1) is 16.6 Å². The van der Waals surface area contributed by atoms with Crippen molar-refractivity contribution in [1.82, 2.24) is 14.1 Å². The van der Waals surface area contributed by atoms with Crippen molar-refractivity contribution in [2.75, 3.05) is 0 Å². The predicted octanol–water partition coefficient (Wildman–Crippen LogP) is 3.07. The molecule has 0 aliphatic heterocycles. The first-order valence-electron chi connectivity index (χ1n) is 6.53. The van der Waals surface area contributed by atoms with Gasteiger partial charge in [0, 0.05) is 31.0 Å². The average Bonchev–Trinajstić information content (AvgIpc) is 2.89. The highest BCUT2D eigenvalue weighted by atomic mass is 15.0. The minimum Gasteiger partial charge on any atom is -0.347 e. The minimum atomic E-state index is 0.722. The molecule has 0 amide bonds. The number of hydrogen-bond donors (Lipinski definition) is 0. The summed E-state index contributed by atoms with van der Waals surface area (Å²) in [6, 6.07) is 10.4. The Kier molecular flexibility index (Phi) is 2.65. The zero-order valence-corrected chi connectivity index (χ0v) is 12.1. The second-order valence-electron chi connectivity index (χ2n) is 5.12. The van der Waals surface area contributed by atoms with Crippen LogP contribution in [0.15, 0.2) is 24.3 Å². The lowest BCUT2D eigenvalue weighted by atomic mass is 10.1. The van der Waals surface area contributed by atoms with Gasteiger partial charge in [-0.15, -0.1) is 0 Å². The van der Waals surface area contributed by atoms with Crippen molar-refractivity contribution >= 4 is 11.0 Å². The molecule has 0 saturated heterocycles. The lowest BCUT2D eigenvalue weighted by Gasteiger charge is -2.05. The minimum absolute atomic E-state index is 0.722. The predicted molar refractivity (Wildman–Crippen MR) is 79.3 cm³/mol. The van der Waals surface area contributed by atoms with Crippen molar-refractivity contribution < 1.29 is 0 Å². The molecule has 4 nitrogen and oxygen atoms in total. The molecule has 0 spiro atoms. The van der Waals surface area contributed by atoms with Gasteiger partial charge < -0.3 is 9.13 Å². The van der Waals surface area contributed by atoms with Crippen molar-refractivity contribution in [1.29, 1.82) is 5.26 Å². The summed E-state index contributed by atoms with van der Waals surface area (Å²) in [4.78, 5) is 4.57. The van der Waals surface area contributed by atoms with Crippen LogP contribution in [0.4, 0.5) is 0 Å². The van der Waals surface area contributed by atoms with Crippen LogP contribution in [0.25, 0.3) is 22.3 Å². The van der Waals surface area contributed by atoms with Crippen LogP contribution in [0.1, 0.15) is 17.1 Å². The van der Waals surface area contributed by atoms with E-state index in [2.05, 4.69) is 38.4 Å². The fourth-order valence-electron chi connectivity index (χ4n) is 2.57. The molecule has 0 fully saturated rings. The van der Waals surface area contributed by atoms with Gasteiger partial charge in [-0.05, 0) is 32.0 Å². The van der Waals surface area contributed by atoms with Crippen molar-refractivity contribution in [2.45, 2.75) is 13.8 Å². The van der Waals surface area contributed by atoms with Crippen molar-refractivity contribution in [3.8, 4) is 17.3 Å². The number of rotatable bonds is 1. The van der Waals surface area contributed by atoms with E-state index in [1.165, 1.54) is 0 Å². The summed E-state index contributed by atoms with van der Waals surface area (Å²) in [5.41, 5.74) is 5.95. The van der Waals surface area contributed by atoms with Crippen molar-refractivity contribution in [2.24, 2.45) is 14.1 Å². The van der Waals surface area contributed by atoms with Gasteiger partial charge in [-0.2, -0.15) is 5.26 Å². The molecular weight excluding hydrogens is 248 g/mol. The summed E-state index contributed by atoms with van der Waals surface area (Å²) in [5.74, 6) is 0.998. The van der Waals surface area contributed by atoms with Gasteiger partial charge >= 0.3 is 0 Å². The fourth-order valence-corrected chi connectivity index (χ4v) is 2.57. The standard InChI is InChI=1S/C16H16N4/c1-10-13(9-17)8-16(19(10)3)12-5-6-15-14(7-12)18-11(2)20(15)4/h5-8H,1-4H3. The average molecular weight is 264 g/mol. The topological polar surface area (TPSA) is 46.5 Å². The van der Waals surface area contributed by atoms with Crippen molar-refractivity contribution in [3.63, 3.8) is 0 Å². The Labute approximate surface area is 117 Å². The highest BCUT2D eigenvalue weighted by Crippen LogP contribution is 2.27. The number of nitrogens with zero attached hydrogens (tertiary/aromatic N) is 4. The molecule has 3 aromatic rings. The smallest absolute Gasteiger partial charge is 0.106 e. The van der Waals surface area contributed by atoms with Crippen molar-refractivity contribution in [3.05, 3.63) is 41.3 Å². The van der Waals surface area contributed by atoms with Crippen LogP contribution < -0.4 is 0 Å². The van der Waals surface area contributed by atoms with E-state index in [0.717, 1.165) is 39.4 Å². The van der Waals surface area contributed by atoms with Crippen LogP contribution in [0.3, 0.4) is 0 Å². The largest absolute Gasteiger partial charge is 0.347 e. The maximum Gasteiger partial charge on any atom is 0.106 e. The molecule has 3 rings (SSSR count). The monoisotopic (exact) mass is 264 g/mol. The third-order valence-corrected chi connectivity index (χ3v) is 4.06. The zero-order valence-electron chi connectivity index (χ0n) is 12.1. The Morgan fingerprint density at radius 1 is 1.10 bits per heavy atom. The molecule has 0 bridgehead atoms. The van der Waals surface area contributed by atoms with E-state index in [9.17, 15) is 0 Å². The quantitative estimate of drug-likeness (QED) is 0.678. The highest BCUT2D eigenvalue weighted by molar-refractivity contribution is 5.82. The van der Waals surface area contributed by atoms with E-state index < -0.39 is 0 Å². The SMILES string of the molecule is Cc1c(C#N)cc(-c2ccc3c(c2)nc(C)n3C)n1C. The van der Waals surface area contributed by atoms with Gasteiger partial charge in [-0.1, -0.05) is 6.07 Å². The molecule has 4 heteroatoms. The van der Waals surface area contributed by atoms with E-state index in [0.29, 0.717) is 0 Å². The zero-order chi connectivity index (χ0) is 14.4. The van der Waals surface area contributed by atoms with Crippen LogP contribution in [-0.4, -0.2) is 14.1 Å². The number of aromatic nitrogens is 3.